The molecule has 0 atom stereocenters. The molecule has 0 saturated carbocycles. The van der Waals surface area contributed by atoms with Crippen molar-refractivity contribution in [1.82, 2.24) is 15.0 Å². The van der Waals surface area contributed by atoms with Gasteiger partial charge in [0.05, 0.1) is 12.2 Å². The number of rotatable bonds is 6. The Hall–Kier alpha value is -1.46. The van der Waals surface area contributed by atoms with Gasteiger partial charge in [-0.25, -0.2) is 9.07 Å². The van der Waals surface area contributed by atoms with Crippen molar-refractivity contribution in [2.75, 3.05) is 6.54 Å². The number of unbranched alkanes of at least 4 members (excludes halogenated alkanes) is 1. The van der Waals surface area contributed by atoms with Gasteiger partial charge in [0.25, 0.3) is 0 Å². The first-order valence-corrected chi connectivity index (χ1v) is 6.60. The number of aryl methyl sites for hydroxylation is 1. The monoisotopic (exact) mass is 282 g/mol. The molecule has 0 amide bonds. The molecule has 0 aliphatic rings. The fraction of sp³-hybridized carbons (Fsp3) is 0.385. The topological polar surface area (TPSA) is 56.7 Å². The second-order valence-corrected chi connectivity index (χ2v) is 4.80. The van der Waals surface area contributed by atoms with Crippen molar-refractivity contribution in [3.63, 3.8) is 0 Å². The second-order valence-electron chi connectivity index (χ2n) is 4.39. The Morgan fingerprint density at radius 1 is 1.32 bits per heavy atom. The Labute approximate surface area is 116 Å². The number of nitrogens with two attached hydrogens (primary N) is 1. The fourth-order valence-corrected chi connectivity index (χ4v) is 2.03. The molecule has 0 fully saturated rings. The van der Waals surface area contributed by atoms with Crippen LogP contribution in [0.5, 0.6) is 0 Å². The Morgan fingerprint density at radius 2 is 2.16 bits per heavy atom. The Bertz CT molecular complexity index is 541. The van der Waals surface area contributed by atoms with Crippen molar-refractivity contribution < 1.29 is 4.39 Å². The number of benzene rings is 1. The number of hydrogen-bond acceptors (Lipinski definition) is 3. The van der Waals surface area contributed by atoms with Crippen LogP contribution >= 0.6 is 11.6 Å². The van der Waals surface area contributed by atoms with E-state index in [2.05, 4.69) is 10.3 Å². The van der Waals surface area contributed by atoms with Crippen LogP contribution in [0.1, 0.15) is 24.1 Å². The van der Waals surface area contributed by atoms with E-state index >= 15 is 0 Å². The van der Waals surface area contributed by atoms with Crippen molar-refractivity contribution in [2.24, 2.45) is 5.73 Å². The zero-order chi connectivity index (χ0) is 13.7. The third kappa shape index (κ3) is 4.01. The highest BCUT2D eigenvalue weighted by atomic mass is 35.5. The zero-order valence-electron chi connectivity index (χ0n) is 10.5. The van der Waals surface area contributed by atoms with Crippen LogP contribution < -0.4 is 5.73 Å². The lowest BCUT2D eigenvalue weighted by atomic mass is 10.2. The molecule has 19 heavy (non-hydrogen) atoms. The quantitative estimate of drug-likeness (QED) is 0.828. The van der Waals surface area contributed by atoms with Gasteiger partial charge in [0, 0.05) is 11.2 Å². The summed E-state index contributed by atoms with van der Waals surface area (Å²) in [4.78, 5) is 0. The number of halogens is 2. The van der Waals surface area contributed by atoms with Crippen molar-refractivity contribution in [2.45, 2.75) is 25.8 Å². The highest BCUT2D eigenvalue weighted by molar-refractivity contribution is 6.31. The van der Waals surface area contributed by atoms with Crippen molar-refractivity contribution >= 4 is 11.6 Å². The van der Waals surface area contributed by atoms with Crippen LogP contribution in [0.2, 0.25) is 5.02 Å². The predicted octanol–water partition coefficient (Wildman–Crippen LogP) is 2.40. The lowest BCUT2D eigenvalue weighted by molar-refractivity contribution is 0.621. The SMILES string of the molecule is NCCCCc1cn(Cc2ccc(F)cc2Cl)nn1. The van der Waals surface area contributed by atoms with Crippen LogP contribution in [0.25, 0.3) is 0 Å². The summed E-state index contributed by atoms with van der Waals surface area (Å²) >= 11 is 5.97. The van der Waals surface area contributed by atoms with Gasteiger partial charge >= 0.3 is 0 Å². The molecule has 6 heteroatoms. The molecule has 0 spiro atoms. The van der Waals surface area contributed by atoms with E-state index in [9.17, 15) is 4.39 Å². The largest absolute Gasteiger partial charge is 0.330 e. The van der Waals surface area contributed by atoms with Crippen molar-refractivity contribution in [3.05, 3.63) is 46.5 Å². The minimum atomic E-state index is -0.338. The van der Waals surface area contributed by atoms with Gasteiger partial charge < -0.3 is 5.73 Å². The third-order valence-corrected chi connectivity index (χ3v) is 3.17. The Balaban J connectivity index is 1.99. The molecule has 0 aliphatic carbocycles. The minimum absolute atomic E-state index is 0.338. The van der Waals surface area contributed by atoms with Gasteiger partial charge in [0.1, 0.15) is 5.82 Å². The van der Waals surface area contributed by atoms with Crippen molar-refractivity contribution in [3.8, 4) is 0 Å². The van der Waals surface area contributed by atoms with E-state index in [1.807, 2.05) is 6.20 Å². The van der Waals surface area contributed by atoms with Gasteiger partial charge in [-0.2, -0.15) is 0 Å². The number of hydrogen-bond donors (Lipinski definition) is 1. The first-order chi connectivity index (χ1) is 9.19. The van der Waals surface area contributed by atoms with Crippen LogP contribution in [0, 0.1) is 5.82 Å². The molecule has 2 N–H and O–H groups in total. The molecule has 0 unspecified atom stereocenters. The highest BCUT2D eigenvalue weighted by Gasteiger charge is 2.05. The molecule has 102 valence electrons. The maximum atomic E-state index is 12.9. The lowest BCUT2D eigenvalue weighted by Crippen LogP contribution is -2.01. The molecule has 0 radical (unpaired) electrons. The summed E-state index contributed by atoms with van der Waals surface area (Å²) in [6.07, 6.45) is 4.74. The van der Waals surface area contributed by atoms with Crippen LogP contribution in [-0.4, -0.2) is 21.5 Å². The molecule has 2 aromatic rings. The maximum absolute atomic E-state index is 12.9. The molecule has 1 heterocycles. The average Bonchev–Trinajstić information content (AvgIpc) is 2.81. The van der Waals surface area contributed by atoms with E-state index in [0.717, 1.165) is 30.5 Å². The second kappa shape index (κ2) is 6.63. The number of nitrogens with zero attached hydrogens (tertiary/aromatic N) is 3. The Morgan fingerprint density at radius 3 is 2.89 bits per heavy atom. The van der Waals surface area contributed by atoms with Gasteiger partial charge in [0.15, 0.2) is 0 Å². The fourth-order valence-electron chi connectivity index (χ4n) is 1.81. The van der Waals surface area contributed by atoms with Gasteiger partial charge in [-0.05, 0) is 43.5 Å². The van der Waals surface area contributed by atoms with E-state index in [0.29, 0.717) is 18.1 Å². The molecule has 1 aromatic heterocycles. The minimum Gasteiger partial charge on any atom is -0.330 e. The standard InChI is InChI=1S/C13H16ClFN4/c14-13-7-11(15)5-4-10(13)8-19-9-12(17-18-19)3-1-2-6-16/h4-5,7,9H,1-3,6,8,16H2. The third-order valence-electron chi connectivity index (χ3n) is 2.82. The maximum Gasteiger partial charge on any atom is 0.124 e. The zero-order valence-corrected chi connectivity index (χ0v) is 11.3. The summed E-state index contributed by atoms with van der Waals surface area (Å²) < 4.78 is 14.6. The summed E-state index contributed by atoms with van der Waals surface area (Å²) in [6.45, 7) is 1.18. The van der Waals surface area contributed by atoms with Gasteiger partial charge in [-0.3, -0.25) is 0 Å². The summed E-state index contributed by atoms with van der Waals surface area (Å²) in [5.41, 5.74) is 7.20. The molecule has 4 nitrogen and oxygen atoms in total. The van der Waals surface area contributed by atoms with E-state index < -0.39 is 0 Å². The Kier molecular flexibility index (Phi) is 4.87. The van der Waals surface area contributed by atoms with Crippen molar-refractivity contribution in [1.29, 1.82) is 0 Å². The molecule has 0 bridgehead atoms. The lowest BCUT2D eigenvalue weighted by Gasteiger charge is -2.03. The normalized spacial score (nSPS) is 10.9. The first-order valence-electron chi connectivity index (χ1n) is 6.22. The van der Waals surface area contributed by atoms with Crippen LogP contribution in [-0.2, 0) is 13.0 Å². The smallest absolute Gasteiger partial charge is 0.124 e. The van der Waals surface area contributed by atoms with Gasteiger partial charge in [0.2, 0.25) is 0 Å². The van der Waals surface area contributed by atoms with Gasteiger partial charge in [-0.1, -0.05) is 22.9 Å². The molecule has 2 rings (SSSR count). The van der Waals surface area contributed by atoms with Crippen LogP contribution in [0.3, 0.4) is 0 Å². The average molecular weight is 283 g/mol. The summed E-state index contributed by atoms with van der Waals surface area (Å²) in [7, 11) is 0. The molecule has 0 saturated heterocycles. The summed E-state index contributed by atoms with van der Waals surface area (Å²) in [5, 5.41) is 8.53. The first kappa shape index (κ1) is 14.0. The molecular formula is C13H16ClFN4. The van der Waals surface area contributed by atoms with E-state index in [1.54, 1.807) is 10.7 Å². The number of aromatic nitrogens is 3. The van der Waals surface area contributed by atoms with E-state index in [-0.39, 0.29) is 5.82 Å². The molecule has 1 aromatic carbocycles. The molecular weight excluding hydrogens is 267 g/mol. The van der Waals surface area contributed by atoms with Gasteiger partial charge in [-0.15, -0.1) is 5.10 Å². The van der Waals surface area contributed by atoms with E-state index in [1.165, 1.54) is 12.1 Å². The summed E-state index contributed by atoms with van der Waals surface area (Å²) in [6, 6.07) is 4.35. The predicted molar refractivity (Wildman–Crippen MR) is 72.5 cm³/mol. The van der Waals surface area contributed by atoms with Crippen LogP contribution in [0.4, 0.5) is 4.39 Å². The summed E-state index contributed by atoms with van der Waals surface area (Å²) in [5.74, 6) is -0.338. The molecule has 0 aliphatic heterocycles. The van der Waals surface area contributed by atoms with E-state index in [4.69, 9.17) is 17.3 Å². The van der Waals surface area contributed by atoms with Crippen LogP contribution in [0.15, 0.2) is 24.4 Å². The highest BCUT2D eigenvalue weighted by Crippen LogP contribution is 2.18.